The maximum absolute atomic E-state index is 13.4. The fraction of sp³-hybridized carbons (Fsp3) is 0.462. The Kier molecular flexibility index (Phi) is 4.06. The van der Waals surface area contributed by atoms with E-state index in [1.165, 1.54) is 19.3 Å². The van der Waals surface area contributed by atoms with E-state index in [1.54, 1.807) is 17.0 Å². The number of rotatable bonds is 5. The molecule has 30 heavy (non-hydrogen) atoms. The molecule has 0 spiro atoms. The smallest absolute Gasteiger partial charge is 0.261 e. The summed E-state index contributed by atoms with van der Waals surface area (Å²) in [5, 5.41) is 0. The Bertz CT molecular complexity index is 928. The van der Waals surface area contributed by atoms with Crippen LogP contribution in [0.3, 0.4) is 0 Å². The van der Waals surface area contributed by atoms with Crippen LogP contribution < -0.4 is 4.74 Å². The van der Waals surface area contributed by atoms with E-state index in [1.807, 2.05) is 42.5 Å². The Labute approximate surface area is 177 Å². The number of fused-ring (bicyclic) bond motifs is 1. The first-order valence-corrected chi connectivity index (χ1v) is 11.3. The van der Waals surface area contributed by atoms with Gasteiger partial charge in [0.2, 0.25) is 0 Å². The molecule has 2 aromatic carbocycles. The molecule has 0 unspecified atom stereocenters. The van der Waals surface area contributed by atoms with Crippen LogP contribution >= 0.6 is 0 Å². The summed E-state index contributed by atoms with van der Waals surface area (Å²) in [5.41, 5.74) is 1.07. The molecule has 1 heterocycles. The van der Waals surface area contributed by atoms with Gasteiger partial charge in [-0.2, -0.15) is 0 Å². The number of nitrogens with zero attached hydrogens (tertiary/aromatic N) is 1. The second kappa shape index (κ2) is 6.69. The molecule has 2 aromatic rings. The normalized spacial score (nSPS) is 32.4. The summed E-state index contributed by atoms with van der Waals surface area (Å²) in [6, 6.07) is 16.8. The molecule has 4 nitrogen and oxygen atoms in total. The van der Waals surface area contributed by atoms with Crippen molar-refractivity contribution >= 4 is 11.8 Å². The van der Waals surface area contributed by atoms with E-state index in [2.05, 4.69) is 0 Å². The number of hydrogen-bond donors (Lipinski definition) is 0. The number of imide groups is 1. The topological polar surface area (TPSA) is 46.6 Å². The van der Waals surface area contributed by atoms with Crippen molar-refractivity contribution in [1.82, 2.24) is 4.90 Å². The molecule has 1 atom stereocenters. The zero-order valence-electron chi connectivity index (χ0n) is 17.1. The van der Waals surface area contributed by atoms with E-state index in [9.17, 15) is 9.59 Å². The van der Waals surface area contributed by atoms with Crippen LogP contribution in [0.2, 0.25) is 0 Å². The van der Waals surface area contributed by atoms with E-state index in [0.29, 0.717) is 17.7 Å². The predicted molar refractivity (Wildman–Crippen MR) is 113 cm³/mol. The van der Waals surface area contributed by atoms with Crippen molar-refractivity contribution in [2.75, 3.05) is 6.61 Å². The van der Waals surface area contributed by atoms with Gasteiger partial charge in [0.25, 0.3) is 11.8 Å². The van der Waals surface area contributed by atoms with Gasteiger partial charge in [-0.25, -0.2) is 0 Å². The first kappa shape index (κ1) is 18.2. The largest absolute Gasteiger partial charge is 0.491 e. The number of carbonyl (C=O) groups excluding carboxylic acids is 2. The lowest BCUT2D eigenvalue weighted by Gasteiger charge is -2.60. The van der Waals surface area contributed by atoms with Gasteiger partial charge < -0.3 is 4.74 Å². The Morgan fingerprint density at radius 2 is 1.30 bits per heavy atom. The minimum atomic E-state index is -0.210. The van der Waals surface area contributed by atoms with Crippen molar-refractivity contribution in [3.63, 3.8) is 0 Å². The Morgan fingerprint density at radius 3 is 1.83 bits per heavy atom. The van der Waals surface area contributed by atoms with Gasteiger partial charge in [0, 0.05) is 0 Å². The van der Waals surface area contributed by atoms with Crippen LogP contribution in [0.15, 0.2) is 54.6 Å². The van der Waals surface area contributed by atoms with Crippen LogP contribution in [-0.2, 0) is 0 Å². The van der Waals surface area contributed by atoms with E-state index < -0.39 is 0 Å². The molecule has 4 saturated carbocycles. The van der Waals surface area contributed by atoms with Crippen molar-refractivity contribution < 1.29 is 14.3 Å². The van der Waals surface area contributed by atoms with E-state index in [4.69, 9.17) is 4.74 Å². The molecule has 0 radical (unpaired) electrons. The summed E-state index contributed by atoms with van der Waals surface area (Å²) in [4.78, 5) is 28.4. The highest BCUT2D eigenvalue weighted by Gasteiger charge is 2.58. The number of hydrogen-bond acceptors (Lipinski definition) is 3. The second-order valence-electron chi connectivity index (χ2n) is 9.95. The Morgan fingerprint density at radius 1 is 0.800 bits per heavy atom. The zero-order valence-corrected chi connectivity index (χ0v) is 17.1. The van der Waals surface area contributed by atoms with Crippen LogP contribution in [0.25, 0.3) is 0 Å². The predicted octanol–water partition coefficient (Wildman–Crippen LogP) is 4.95. The number of benzene rings is 2. The monoisotopic (exact) mass is 401 g/mol. The molecule has 0 saturated heterocycles. The van der Waals surface area contributed by atoms with E-state index in [-0.39, 0.29) is 23.3 Å². The van der Waals surface area contributed by atoms with Crippen molar-refractivity contribution in [3.05, 3.63) is 65.7 Å². The van der Waals surface area contributed by atoms with Crippen molar-refractivity contribution in [2.24, 2.45) is 23.2 Å². The molecule has 7 rings (SSSR count). The Balaban J connectivity index is 1.38. The maximum Gasteiger partial charge on any atom is 0.261 e. The van der Waals surface area contributed by atoms with Gasteiger partial charge in [-0.3, -0.25) is 14.5 Å². The average molecular weight is 402 g/mol. The molecule has 154 valence electrons. The minimum absolute atomic E-state index is 0.00308. The fourth-order valence-corrected chi connectivity index (χ4v) is 7.29. The number of carbonyl (C=O) groups is 2. The highest BCUT2D eigenvalue weighted by molar-refractivity contribution is 6.21. The summed E-state index contributed by atoms with van der Waals surface area (Å²) in [7, 11) is 0. The van der Waals surface area contributed by atoms with Crippen molar-refractivity contribution in [2.45, 2.75) is 44.6 Å². The summed E-state index contributed by atoms with van der Waals surface area (Å²) in [6.45, 7) is 0.377. The summed E-state index contributed by atoms with van der Waals surface area (Å²) in [6.07, 6.45) is 7.34. The molecular weight excluding hydrogens is 374 g/mol. The lowest BCUT2D eigenvalue weighted by molar-refractivity contribution is -0.0968. The molecule has 2 amide bonds. The van der Waals surface area contributed by atoms with Gasteiger partial charge in [-0.15, -0.1) is 0 Å². The third-order valence-electron chi connectivity index (χ3n) is 8.08. The van der Waals surface area contributed by atoms with E-state index >= 15 is 0 Å². The molecular formula is C26H27NO3. The van der Waals surface area contributed by atoms with Crippen LogP contribution in [-0.4, -0.2) is 29.4 Å². The molecule has 4 fully saturated rings. The minimum Gasteiger partial charge on any atom is -0.491 e. The third-order valence-corrected chi connectivity index (χ3v) is 8.08. The number of amides is 2. The van der Waals surface area contributed by atoms with Gasteiger partial charge >= 0.3 is 0 Å². The highest BCUT2D eigenvalue weighted by Crippen LogP contribution is 2.62. The standard InChI is InChI=1S/C26H27NO3/c28-24-21-8-4-5-9-22(21)25(29)27(24)23(16-30-20-6-2-1-3-7-20)26-13-17-10-18(14-26)12-19(11-17)15-26/h1-9,17-19,23H,10-16H2/t17?,18?,19?,23-,26?/m0/s1. The van der Waals surface area contributed by atoms with Crippen molar-refractivity contribution in [1.29, 1.82) is 0 Å². The van der Waals surface area contributed by atoms with Crippen LogP contribution in [0.4, 0.5) is 0 Å². The van der Waals surface area contributed by atoms with Crippen LogP contribution in [0.1, 0.15) is 59.2 Å². The molecule has 5 aliphatic rings. The SMILES string of the molecule is O=C1c2ccccc2C(=O)N1[C@@H](COc1ccccc1)C12CC3CC(CC(C3)C1)C2. The summed E-state index contributed by atoms with van der Waals surface area (Å²) >= 11 is 0. The average Bonchev–Trinajstić information content (AvgIpc) is 2.99. The molecule has 4 bridgehead atoms. The molecule has 0 N–H and O–H groups in total. The van der Waals surface area contributed by atoms with Gasteiger partial charge in [0.05, 0.1) is 17.2 Å². The number of ether oxygens (including phenoxy) is 1. The molecule has 0 aromatic heterocycles. The van der Waals surface area contributed by atoms with Crippen LogP contribution in [0.5, 0.6) is 5.75 Å². The summed E-state index contributed by atoms with van der Waals surface area (Å²) in [5.74, 6) is 2.73. The lowest BCUT2D eigenvalue weighted by atomic mass is 9.47. The number of para-hydroxylation sites is 1. The van der Waals surface area contributed by atoms with Crippen LogP contribution in [0, 0.1) is 23.2 Å². The summed E-state index contributed by atoms with van der Waals surface area (Å²) < 4.78 is 6.22. The lowest BCUT2D eigenvalue weighted by Crippen LogP contribution is -2.60. The highest BCUT2D eigenvalue weighted by atomic mass is 16.5. The fourth-order valence-electron chi connectivity index (χ4n) is 7.29. The first-order valence-electron chi connectivity index (χ1n) is 11.3. The Hall–Kier alpha value is -2.62. The first-order chi connectivity index (χ1) is 14.6. The molecule has 4 heteroatoms. The zero-order chi connectivity index (χ0) is 20.3. The van der Waals surface area contributed by atoms with Gasteiger partial charge in [0.1, 0.15) is 12.4 Å². The second-order valence-corrected chi connectivity index (χ2v) is 9.95. The molecule has 4 aliphatic carbocycles. The quantitative estimate of drug-likeness (QED) is 0.666. The maximum atomic E-state index is 13.4. The molecule has 1 aliphatic heterocycles. The van der Waals surface area contributed by atoms with E-state index in [0.717, 1.165) is 42.8 Å². The van der Waals surface area contributed by atoms with Gasteiger partial charge in [-0.1, -0.05) is 30.3 Å². The van der Waals surface area contributed by atoms with Crippen molar-refractivity contribution in [3.8, 4) is 5.75 Å². The third kappa shape index (κ3) is 2.73. The van der Waals surface area contributed by atoms with Gasteiger partial charge in [-0.05, 0) is 86.0 Å². The van der Waals surface area contributed by atoms with Gasteiger partial charge in [0.15, 0.2) is 0 Å².